The van der Waals surface area contributed by atoms with Crippen molar-refractivity contribution in [3.05, 3.63) is 58.8 Å². The van der Waals surface area contributed by atoms with Gasteiger partial charge in [0.15, 0.2) is 27.3 Å². The first kappa shape index (κ1) is 20.2. The van der Waals surface area contributed by atoms with E-state index in [2.05, 4.69) is 9.97 Å². The van der Waals surface area contributed by atoms with Crippen LogP contribution in [0.5, 0.6) is 0 Å². The van der Waals surface area contributed by atoms with Crippen LogP contribution in [0.15, 0.2) is 52.3 Å². The smallest absolute Gasteiger partial charge is 0.250 e. The number of nitrogens with zero attached hydrogens (tertiary/aromatic N) is 3. The predicted molar refractivity (Wildman–Crippen MR) is 112 cm³/mol. The maximum atomic E-state index is 14.8. The molecule has 1 fully saturated rings. The van der Waals surface area contributed by atoms with Crippen molar-refractivity contribution in [1.82, 2.24) is 14.5 Å². The molecule has 0 unspecified atom stereocenters. The number of nitrogen functional groups attached to an aromatic ring is 1. The van der Waals surface area contributed by atoms with E-state index >= 15 is 0 Å². The fourth-order valence-corrected chi connectivity index (χ4v) is 4.38. The van der Waals surface area contributed by atoms with Crippen LogP contribution in [0.2, 0.25) is 0 Å². The van der Waals surface area contributed by atoms with E-state index in [1.807, 2.05) is 0 Å². The van der Waals surface area contributed by atoms with Gasteiger partial charge in [-0.05, 0) is 43.2 Å². The van der Waals surface area contributed by atoms with E-state index in [0.29, 0.717) is 11.1 Å². The number of sulfone groups is 1. The number of hydrogen-bond acceptors (Lipinski definition) is 6. The summed E-state index contributed by atoms with van der Waals surface area (Å²) in [6.07, 6.45) is 6.68. The summed E-state index contributed by atoms with van der Waals surface area (Å²) in [4.78, 5) is 20.8. The summed E-state index contributed by atoms with van der Waals surface area (Å²) in [6, 6.07) is 9.00. The molecule has 0 radical (unpaired) electrons. The molecule has 1 saturated carbocycles. The molecule has 9 heteroatoms. The molecule has 30 heavy (non-hydrogen) atoms. The lowest BCUT2D eigenvalue weighted by Gasteiger charge is -2.15. The van der Waals surface area contributed by atoms with E-state index in [9.17, 15) is 17.6 Å². The molecule has 0 saturated heterocycles. The lowest BCUT2D eigenvalue weighted by Crippen LogP contribution is -2.22. The maximum Gasteiger partial charge on any atom is 0.250 e. The SMILES string of the molecule is CS(=O)(=O)c1ccc(-c2nc(N)c(F)c(-c3ccc(=O)n(C4CCCC4)c3)n2)cc1. The molecule has 2 heterocycles. The highest BCUT2D eigenvalue weighted by molar-refractivity contribution is 7.90. The molecule has 0 atom stereocenters. The Labute approximate surface area is 173 Å². The third kappa shape index (κ3) is 3.85. The van der Waals surface area contributed by atoms with Gasteiger partial charge in [0, 0.05) is 35.7 Å². The molecule has 1 aliphatic carbocycles. The largest absolute Gasteiger partial charge is 0.381 e. The van der Waals surface area contributed by atoms with Crippen LogP contribution in [-0.2, 0) is 9.84 Å². The molecule has 0 amide bonds. The zero-order chi connectivity index (χ0) is 21.5. The Bertz CT molecular complexity index is 1260. The Morgan fingerprint density at radius 1 is 1.03 bits per heavy atom. The first-order valence-electron chi connectivity index (χ1n) is 9.60. The molecule has 1 aromatic carbocycles. The molecule has 7 nitrogen and oxygen atoms in total. The average Bonchev–Trinajstić information content (AvgIpc) is 3.24. The van der Waals surface area contributed by atoms with Crippen molar-refractivity contribution in [1.29, 1.82) is 0 Å². The summed E-state index contributed by atoms with van der Waals surface area (Å²) < 4.78 is 39.8. The fourth-order valence-electron chi connectivity index (χ4n) is 3.75. The van der Waals surface area contributed by atoms with Gasteiger partial charge in [-0.15, -0.1) is 0 Å². The molecular weight excluding hydrogens is 407 g/mol. The van der Waals surface area contributed by atoms with Gasteiger partial charge in [0.1, 0.15) is 5.69 Å². The number of aromatic nitrogens is 3. The minimum Gasteiger partial charge on any atom is -0.381 e. The van der Waals surface area contributed by atoms with Crippen LogP contribution >= 0.6 is 0 Å². The number of halogens is 1. The van der Waals surface area contributed by atoms with Crippen molar-refractivity contribution < 1.29 is 12.8 Å². The summed E-state index contributed by atoms with van der Waals surface area (Å²) in [6.45, 7) is 0. The van der Waals surface area contributed by atoms with Crippen molar-refractivity contribution in [3.8, 4) is 22.6 Å². The molecule has 0 bridgehead atoms. The van der Waals surface area contributed by atoms with Gasteiger partial charge in [0.2, 0.25) is 0 Å². The van der Waals surface area contributed by atoms with Gasteiger partial charge >= 0.3 is 0 Å². The van der Waals surface area contributed by atoms with Crippen LogP contribution in [0.4, 0.5) is 10.2 Å². The molecule has 2 aromatic heterocycles. The Morgan fingerprint density at radius 3 is 2.30 bits per heavy atom. The van der Waals surface area contributed by atoms with Crippen LogP contribution in [0.1, 0.15) is 31.7 Å². The molecule has 0 aliphatic heterocycles. The molecule has 3 aromatic rings. The molecular formula is C21H21FN4O3S. The van der Waals surface area contributed by atoms with Crippen LogP contribution in [0.3, 0.4) is 0 Å². The molecule has 2 N–H and O–H groups in total. The highest BCUT2D eigenvalue weighted by Crippen LogP contribution is 2.31. The van der Waals surface area contributed by atoms with Crippen LogP contribution in [0, 0.1) is 5.82 Å². The molecule has 4 rings (SSSR count). The standard InChI is InChI=1S/C21H21FN4O3S/c1-30(28,29)16-9-6-13(7-10-16)21-24-19(18(22)20(23)25-21)14-8-11-17(27)26(12-14)15-4-2-3-5-15/h6-12,15H,2-5H2,1H3,(H2,23,24,25). The highest BCUT2D eigenvalue weighted by Gasteiger charge is 2.21. The van der Waals surface area contributed by atoms with Gasteiger partial charge in [0.25, 0.3) is 5.56 Å². The second-order valence-corrected chi connectivity index (χ2v) is 9.51. The molecule has 156 valence electrons. The van der Waals surface area contributed by atoms with Gasteiger partial charge in [-0.3, -0.25) is 4.79 Å². The second-order valence-electron chi connectivity index (χ2n) is 7.49. The third-order valence-electron chi connectivity index (χ3n) is 5.35. The van der Waals surface area contributed by atoms with E-state index in [1.54, 1.807) is 22.9 Å². The highest BCUT2D eigenvalue weighted by atomic mass is 32.2. The van der Waals surface area contributed by atoms with Crippen molar-refractivity contribution in [2.24, 2.45) is 0 Å². The van der Waals surface area contributed by atoms with Crippen molar-refractivity contribution in [2.75, 3.05) is 12.0 Å². The van der Waals surface area contributed by atoms with Gasteiger partial charge < -0.3 is 10.3 Å². The normalized spacial score (nSPS) is 14.9. The minimum absolute atomic E-state index is 0.00330. The number of nitrogens with two attached hydrogens (primary N) is 1. The number of hydrogen-bond donors (Lipinski definition) is 1. The first-order chi connectivity index (χ1) is 14.2. The van der Waals surface area contributed by atoms with E-state index in [0.717, 1.165) is 31.9 Å². The third-order valence-corrected chi connectivity index (χ3v) is 6.48. The summed E-state index contributed by atoms with van der Waals surface area (Å²) in [5.74, 6) is -0.911. The van der Waals surface area contributed by atoms with Gasteiger partial charge in [-0.25, -0.2) is 22.8 Å². The summed E-state index contributed by atoms with van der Waals surface area (Å²) in [7, 11) is -3.34. The topological polar surface area (TPSA) is 108 Å². The zero-order valence-corrected chi connectivity index (χ0v) is 17.2. The number of benzene rings is 1. The number of anilines is 1. The van der Waals surface area contributed by atoms with Crippen molar-refractivity contribution in [2.45, 2.75) is 36.6 Å². The Kier molecular flexibility index (Phi) is 5.15. The second kappa shape index (κ2) is 7.64. The van der Waals surface area contributed by atoms with Crippen LogP contribution in [-0.4, -0.2) is 29.2 Å². The first-order valence-corrected chi connectivity index (χ1v) is 11.5. The average molecular weight is 428 g/mol. The predicted octanol–water partition coefficient (Wildman–Crippen LogP) is 3.21. The zero-order valence-electron chi connectivity index (χ0n) is 16.4. The lowest BCUT2D eigenvalue weighted by atomic mass is 10.1. The Hall–Kier alpha value is -3.07. The van der Waals surface area contributed by atoms with Gasteiger partial charge in [-0.2, -0.15) is 0 Å². The lowest BCUT2D eigenvalue weighted by molar-refractivity contribution is 0.503. The van der Waals surface area contributed by atoms with Gasteiger partial charge in [0.05, 0.1) is 4.90 Å². The summed E-state index contributed by atoms with van der Waals surface area (Å²) in [5.41, 5.74) is 6.59. The minimum atomic E-state index is -3.34. The molecule has 1 aliphatic rings. The van der Waals surface area contributed by atoms with E-state index < -0.39 is 15.7 Å². The van der Waals surface area contributed by atoms with Crippen LogP contribution < -0.4 is 11.3 Å². The summed E-state index contributed by atoms with van der Waals surface area (Å²) in [5, 5.41) is 0. The Balaban J connectivity index is 1.79. The van der Waals surface area contributed by atoms with Crippen molar-refractivity contribution in [3.63, 3.8) is 0 Å². The quantitative estimate of drug-likeness (QED) is 0.684. The maximum absolute atomic E-state index is 14.8. The Morgan fingerprint density at radius 2 is 1.67 bits per heavy atom. The fraction of sp³-hybridized carbons (Fsp3) is 0.286. The van der Waals surface area contributed by atoms with Gasteiger partial charge in [-0.1, -0.05) is 12.8 Å². The van der Waals surface area contributed by atoms with E-state index in [4.69, 9.17) is 5.73 Å². The van der Waals surface area contributed by atoms with E-state index in [-0.39, 0.29) is 33.8 Å². The van der Waals surface area contributed by atoms with Crippen molar-refractivity contribution >= 4 is 15.7 Å². The van der Waals surface area contributed by atoms with Crippen LogP contribution in [0.25, 0.3) is 22.6 Å². The number of pyridine rings is 1. The van der Waals surface area contributed by atoms with E-state index in [1.165, 1.54) is 24.3 Å². The number of rotatable bonds is 4. The summed E-state index contributed by atoms with van der Waals surface area (Å²) >= 11 is 0. The monoisotopic (exact) mass is 428 g/mol. The molecule has 0 spiro atoms.